The lowest BCUT2D eigenvalue weighted by atomic mass is 9.87. The zero-order chi connectivity index (χ0) is 21.2. The number of hydrogen-bond acceptors (Lipinski definition) is 4. The zero-order valence-electron chi connectivity index (χ0n) is 18.1. The maximum absolute atomic E-state index is 12.7. The topological polar surface area (TPSA) is 67.6 Å². The first-order chi connectivity index (χ1) is 14.7. The standard InChI is InChI=1S/C24H35N3O3/c1-30-23-10-7-21(8-11-23)17-27(15-16-28)24(29)12-9-22-18-26(19-25-22)14-13-20-5-3-2-4-6-20/h7-8,10-11,18-20,28H,2-6,9,12-17H2,1H3. The van der Waals surface area contributed by atoms with Gasteiger partial charge in [-0.3, -0.25) is 4.79 Å². The first-order valence-electron chi connectivity index (χ1n) is 11.2. The summed E-state index contributed by atoms with van der Waals surface area (Å²) >= 11 is 0. The van der Waals surface area contributed by atoms with Crippen molar-refractivity contribution in [3.63, 3.8) is 0 Å². The van der Waals surface area contributed by atoms with Gasteiger partial charge in [0.05, 0.1) is 25.7 Å². The number of aryl methyl sites for hydroxylation is 2. The Morgan fingerprint density at radius 1 is 1.23 bits per heavy atom. The molecular formula is C24H35N3O3. The van der Waals surface area contributed by atoms with Crippen LogP contribution < -0.4 is 4.74 Å². The van der Waals surface area contributed by atoms with Crippen LogP contribution in [0.5, 0.6) is 5.75 Å². The molecule has 1 heterocycles. The molecule has 0 aliphatic heterocycles. The van der Waals surface area contributed by atoms with Gasteiger partial charge in [-0.2, -0.15) is 0 Å². The molecule has 1 amide bonds. The Hall–Kier alpha value is -2.34. The van der Waals surface area contributed by atoms with Crippen molar-refractivity contribution in [1.82, 2.24) is 14.5 Å². The van der Waals surface area contributed by atoms with Crippen molar-refractivity contribution >= 4 is 5.91 Å². The molecule has 1 aliphatic carbocycles. The van der Waals surface area contributed by atoms with Gasteiger partial charge in [0.2, 0.25) is 5.91 Å². The molecule has 0 radical (unpaired) electrons. The monoisotopic (exact) mass is 413 g/mol. The van der Waals surface area contributed by atoms with Gasteiger partial charge in [-0.05, 0) is 36.5 Å². The van der Waals surface area contributed by atoms with Crippen molar-refractivity contribution in [1.29, 1.82) is 0 Å². The lowest BCUT2D eigenvalue weighted by Gasteiger charge is -2.22. The van der Waals surface area contributed by atoms with E-state index in [4.69, 9.17) is 4.74 Å². The summed E-state index contributed by atoms with van der Waals surface area (Å²) in [4.78, 5) is 18.9. The number of rotatable bonds is 11. The van der Waals surface area contributed by atoms with E-state index in [1.165, 1.54) is 38.5 Å². The summed E-state index contributed by atoms with van der Waals surface area (Å²) in [6, 6.07) is 7.67. The van der Waals surface area contributed by atoms with Crippen molar-refractivity contribution in [2.24, 2.45) is 5.92 Å². The number of imidazole rings is 1. The Morgan fingerprint density at radius 3 is 2.70 bits per heavy atom. The van der Waals surface area contributed by atoms with Gasteiger partial charge in [0.1, 0.15) is 5.75 Å². The maximum atomic E-state index is 12.7. The van der Waals surface area contributed by atoms with Crippen LogP contribution in [0.3, 0.4) is 0 Å². The van der Waals surface area contributed by atoms with Crippen LogP contribution in [0.2, 0.25) is 0 Å². The molecular weight excluding hydrogens is 378 g/mol. The van der Waals surface area contributed by atoms with E-state index < -0.39 is 0 Å². The van der Waals surface area contributed by atoms with Gasteiger partial charge in [-0.15, -0.1) is 0 Å². The van der Waals surface area contributed by atoms with Crippen LogP contribution in [0.15, 0.2) is 36.8 Å². The smallest absolute Gasteiger partial charge is 0.223 e. The Balaban J connectivity index is 1.46. The van der Waals surface area contributed by atoms with Gasteiger partial charge < -0.3 is 19.3 Å². The molecule has 1 aromatic heterocycles. The Bertz CT molecular complexity index is 766. The predicted octanol–water partition coefficient (Wildman–Crippen LogP) is 3.82. The highest BCUT2D eigenvalue weighted by Gasteiger charge is 2.15. The number of benzene rings is 1. The summed E-state index contributed by atoms with van der Waals surface area (Å²) in [5.41, 5.74) is 1.98. The molecule has 0 unspecified atom stereocenters. The number of ether oxygens (including phenoxy) is 1. The molecule has 1 aliphatic rings. The second kappa shape index (κ2) is 11.7. The van der Waals surface area contributed by atoms with Crippen LogP contribution in [0.25, 0.3) is 0 Å². The number of amides is 1. The van der Waals surface area contributed by atoms with Crippen molar-refractivity contribution < 1.29 is 14.6 Å². The maximum Gasteiger partial charge on any atom is 0.223 e. The number of aliphatic hydroxyl groups is 1. The summed E-state index contributed by atoms with van der Waals surface area (Å²) in [6.45, 7) is 1.79. The second-order valence-electron chi connectivity index (χ2n) is 8.28. The SMILES string of the molecule is COc1ccc(CN(CCO)C(=O)CCc2cn(CCC3CCCCC3)cn2)cc1. The van der Waals surface area contributed by atoms with Gasteiger partial charge in [0, 0.05) is 32.3 Å². The molecule has 0 atom stereocenters. The fraction of sp³-hybridized carbons (Fsp3) is 0.583. The summed E-state index contributed by atoms with van der Waals surface area (Å²) in [7, 11) is 1.63. The van der Waals surface area contributed by atoms with Gasteiger partial charge in [-0.25, -0.2) is 4.98 Å². The van der Waals surface area contributed by atoms with E-state index >= 15 is 0 Å². The molecule has 164 valence electrons. The van der Waals surface area contributed by atoms with E-state index in [9.17, 15) is 9.90 Å². The van der Waals surface area contributed by atoms with Crippen LogP contribution in [-0.2, 0) is 24.3 Å². The van der Waals surface area contributed by atoms with Crippen LogP contribution in [0, 0.1) is 5.92 Å². The summed E-state index contributed by atoms with van der Waals surface area (Å²) < 4.78 is 7.34. The molecule has 1 N–H and O–H groups in total. The number of nitrogens with zero attached hydrogens (tertiary/aromatic N) is 3. The Morgan fingerprint density at radius 2 is 2.00 bits per heavy atom. The van der Waals surface area contributed by atoms with Gasteiger partial charge >= 0.3 is 0 Å². The minimum atomic E-state index is -0.0440. The number of aliphatic hydroxyl groups excluding tert-OH is 1. The highest BCUT2D eigenvalue weighted by molar-refractivity contribution is 5.76. The first kappa shape index (κ1) is 22.3. The molecule has 1 saturated carbocycles. The third-order valence-corrected chi connectivity index (χ3v) is 6.06. The quantitative estimate of drug-likeness (QED) is 0.608. The van der Waals surface area contributed by atoms with E-state index in [1.54, 1.807) is 12.0 Å². The summed E-state index contributed by atoms with van der Waals surface area (Å²) in [6.07, 6.45) is 13.1. The molecule has 0 bridgehead atoms. The van der Waals surface area contributed by atoms with Crippen LogP contribution in [0.1, 0.15) is 56.2 Å². The minimum absolute atomic E-state index is 0.0385. The molecule has 3 rings (SSSR count). The fourth-order valence-corrected chi connectivity index (χ4v) is 4.22. The van der Waals surface area contributed by atoms with E-state index in [2.05, 4.69) is 15.7 Å². The molecule has 2 aromatic rings. The minimum Gasteiger partial charge on any atom is -0.497 e. The number of methoxy groups -OCH3 is 1. The predicted molar refractivity (Wildman–Crippen MR) is 117 cm³/mol. The second-order valence-corrected chi connectivity index (χ2v) is 8.28. The molecule has 0 spiro atoms. The van der Waals surface area contributed by atoms with Gasteiger partial charge in [0.25, 0.3) is 0 Å². The number of hydrogen-bond donors (Lipinski definition) is 1. The molecule has 1 fully saturated rings. The van der Waals surface area contributed by atoms with E-state index in [-0.39, 0.29) is 12.5 Å². The highest BCUT2D eigenvalue weighted by atomic mass is 16.5. The normalized spacial score (nSPS) is 14.6. The third kappa shape index (κ3) is 6.87. The molecule has 6 nitrogen and oxygen atoms in total. The van der Waals surface area contributed by atoms with Gasteiger partial charge in [0.15, 0.2) is 0 Å². The number of carbonyl (C=O) groups excluding carboxylic acids is 1. The molecule has 6 heteroatoms. The van der Waals surface area contributed by atoms with E-state index in [0.717, 1.165) is 29.5 Å². The van der Waals surface area contributed by atoms with Gasteiger partial charge in [-0.1, -0.05) is 44.2 Å². The van der Waals surface area contributed by atoms with Crippen LogP contribution in [0.4, 0.5) is 0 Å². The fourth-order valence-electron chi connectivity index (χ4n) is 4.22. The van der Waals surface area contributed by atoms with Crippen LogP contribution in [-0.4, -0.2) is 45.7 Å². The molecule has 1 aromatic carbocycles. The summed E-state index contributed by atoms with van der Waals surface area (Å²) in [5, 5.41) is 9.37. The van der Waals surface area contributed by atoms with Crippen LogP contribution >= 0.6 is 0 Å². The number of carbonyl (C=O) groups is 1. The highest BCUT2D eigenvalue weighted by Crippen LogP contribution is 2.26. The molecule has 0 saturated heterocycles. The van der Waals surface area contributed by atoms with E-state index in [1.807, 2.05) is 30.6 Å². The third-order valence-electron chi connectivity index (χ3n) is 6.06. The average molecular weight is 414 g/mol. The number of aromatic nitrogens is 2. The lowest BCUT2D eigenvalue weighted by Crippen LogP contribution is -2.33. The largest absolute Gasteiger partial charge is 0.497 e. The summed E-state index contributed by atoms with van der Waals surface area (Å²) in [5.74, 6) is 1.69. The van der Waals surface area contributed by atoms with Crippen molar-refractivity contribution in [2.45, 2.75) is 64.5 Å². The van der Waals surface area contributed by atoms with Crippen molar-refractivity contribution in [3.8, 4) is 5.75 Å². The van der Waals surface area contributed by atoms with Crippen molar-refractivity contribution in [3.05, 3.63) is 48.0 Å². The first-order valence-corrected chi connectivity index (χ1v) is 11.2. The molecule has 30 heavy (non-hydrogen) atoms. The zero-order valence-corrected chi connectivity index (χ0v) is 18.1. The Kier molecular flexibility index (Phi) is 8.75. The lowest BCUT2D eigenvalue weighted by molar-refractivity contribution is -0.132. The average Bonchev–Trinajstić information content (AvgIpc) is 3.25. The Labute approximate surface area is 179 Å². The van der Waals surface area contributed by atoms with E-state index in [0.29, 0.717) is 25.9 Å². The van der Waals surface area contributed by atoms with Crippen molar-refractivity contribution in [2.75, 3.05) is 20.3 Å².